The molecule has 0 fully saturated rings. The first-order valence-electron chi connectivity index (χ1n) is 5.55. The zero-order chi connectivity index (χ0) is 13.7. The largest absolute Gasteiger partial charge is 0.307 e. The predicted octanol–water partition coefficient (Wildman–Crippen LogP) is 2.33. The number of rotatable bonds is 5. The maximum atomic E-state index is 10.6. The van der Waals surface area contributed by atoms with Gasteiger partial charge in [0.2, 0.25) is 0 Å². The monoisotopic (exact) mass is 278 g/mol. The van der Waals surface area contributed by atoms with Crippen molar-refractivity contribution in [3.8, 4) is 0 Å². The number of nitrogens with zero attached hydrogens (tertiary/aromatic N) is 3. The van der Waals surface area contributed by atoms with Gasteiger partial charge in [-0.15, -0.1) is 0 Å². The summed E-state index contributed by atoms with van der Waals surface area (Å²) >= 11 is 5.99. The van der Waals surface area contributed by atoms with Gasteiger partial charge in [-0.2, -0.15) is 0 Å². The van der Waals surface area contributed by atoms with Crippen molar-refractivity contribution < 1.29 is 4.92 Å². The summed E-state index contributed by atoms with van der Waals surface area (Å²) in [7, 11) is 0. The number of aromatic nitrogens is 2. The maximum Gasteiger partial charge on any atom is 0.270 e. The molecule has 1 aromatic heterocycles. The molecule has 0 radical (unpaired) electrons. The minimum absolute atomic E-state index is 0.00968. The molecule has 0 aliphatic carbocycles. The minimum Gasteiger partial charge on any atom is -0.307 e. The molecule has 0 amide bonds. The summed E-state index contributed by atoms with van der Waals surface area (Å²) in [6.07, 6.45) is 3.15. The molecule has 1 N–H and O–H groups in total. The molecule has 2 aromatic rings. The fourth-order valence-electron chi connectivity index (χ4n) is 1.54. The highest BCUT2D eigenvalue weighted by Crippen LogP contribution is 2.22. The summed E-state index contributed by atoms with van der Waals surface area (Å²) in [5.41, 5.74) is 1.67. The lowest BCUT2D eigenvalue weighted by Gasteiger charge is -2.06. The Balaban J connectivity index is 1.95. The van der Waals surface area contributed by atoms with E-state index in [1.807, 2.05) is 6.07 Å². The number of halogens is 1. The molecule has 0 bridgehead atoms. The molecule has 0 aliphatic heterocycles. The van der Waals surface area contributed by atoms with Crippen molar-refractivity contribution in [3.05, 3.63) is 63.2 Å². The van der Waals surface area contributed by atoms with Crippen molar-refractivity contribution in [2.45, 2.75) is 13.1 Å². The van der Waals surface area contributed by atoms with Gasteiger partial charge in [-0.25, -0.2) is 9.97 Å². The molecule has 6 nitrogen and oxygen atoms in total. The number of non-ortho nitro benzene ring substituents is 1. The normalized spacial score (nSPS) is 10.4. The Morgan fingerprint density at radius 2 is 2.16 bits per heavy atom. The lowest BCUT2D eigenvalue weighted by Crippen LogP contribution is -2.14. The lowest BCUT2D eigenvalue weighted by atomic mass is 10.2. The first-order chi connectivity index (χ1) is 9.16. The summed E-state index contributed by atoms with van der Waals surface area (Å²) in [6.45, 7) is 1.09. The van der Waals surface area contributed by atoms with Gasteiger partial charge in [-0.1, -0.05) is 11.6 Å². The summed E-state index contributed by atoms with van der Waals surface area (Å²) < 4.78 is 0. The number of nitro groups is 1. The average Bonchev–Trinajstić information content (AvgIpc) is 2.41. The van der Waals surface area contributed by atoms with E-state index in [0.29, 0.717) is 18.1 Å². The van der Waals surface area contributed by atoms with Gasteiger partial charge in [-0.05, 0) is 17.7 Å². The van der Waals surface area contributed by atoms with Crippen molar-refractivity contribution in [2.75, 3.05) is 0 Å². The van der Waals surface area contributed by atoms with E-state index in [0.717, 1.165) is 11.3 Å². The smallest absolute Gasteiger partial charge is 0.270 e. The first kappa shape index (κ1) is 13.4. The molecule has 0 atom stereocenters. The van der Waals surface area contributed by atoms with E-state index >= 15 is 0 Å². The highest BCUT2D eigenvalue weighted by atomic mass is 35.5. The van der Waals surface area contributed by atoms with Crippen LogP contribution in [0.4, 0.5) is 5.69 Å². The quantitative estimate of drug-likeness (QED) is 0.670. The molecule has 0 spiro atoms. The lowest BCUT2D eigenvalue weighted by molar-refractivity contribution is -0.384. The Kier molecular flexibility index (Phi) is 4.38. The predicted molar refractivity (Wildman–Crippen MR) is 70.7 cm³/mol. The van der Waals surface area contributed by atoms with Crippen LogP contribution < -0.4 is 5.32 Å². The second-order valence-electron chi connectivity index (χ2n) is 3.84. The van der Waals surface area contributed by atoms with Crippen LogP contribution in [0.2, 0.25) is 5.02 Å². The SMILES string of the molecule is O=[N+]([O-])c1ccc(CNCc2ccncn2)c(Cl)c1. The number of hydrogen-bond acceptors (Lipinski definition) is 5. The number of nitro benzene ring substituents is 1. The Labute approximate surface area is 114 Å². The molecule has 2 rings (SSSR count). The number of hydrogen-bond donors (Lipinski definition) is 1. The highest BCUT2D eigenvalue weighted by Gasteiger charge is 2.08. The summed E-state index contributed by atoms with van der Waals surface area (Å²) in [5, 5.41) is 14.1. The standard InChI is InChI=1S/C12H11ClN4O2/c13-12-5-11(17(18)19)2-1-9(12)6-15-7-10-3-4-14-8-16-10/h1-5,8,15H,6-7H2. The van der Waals surface area contributed by atoms with Crippen molar-refractivity contribution >= 4 is 17.3 Å². The Hall–Kier alpha value is -2.05. The van der Waals surface area contributed by atoms with Crippen molar-refractivity contribution in [1.29, 1.82) is 0 Å². The van der Waals surface area contributed by atoms with Crippen LogP contribution in [0.1, 0.15) is 11.3 Å². The number of benzene rings is 1. The van der Waals surface area contributed by atoms with Crippen LogP contribution >= 0.6 is 11.6 Å². The highest BCUT2D eigenvalue weighted by molar-refractivity contribution is 6.31. The topological polar surface area (TPSA) is 81.0 Å². The Bertz CT molecular complexity index is 577. The van der Waals surface area contributed by atoms with Gasteiger partial charge in [0.05, 0.1) is 15.6 Å². The summed E-state index contributed by atoms with van der Waals surface area (Å²) in [6, 6.07) is 6.24. The molecule has 19 heavy (non-hydrogen) atoms. The van der Waals surface area contributed by atoms with Gasteiger partial charge < -0.3 is 5.32 Å². The van der Waals surface area contributed by atoms with E-state index in [-0.39, 0.29) is 5.69 Å². The number of nitrogens with one attached hydrogen (secondary N) is 1. The fraction of sp³-hybridized carbons (Fsp3) is 0.167. The molecule has 1 heterocycles. The molecule has 0 saturated carbocycles. The van der Waals surface area contributed by atoms with Crippen LogP contribution in [-0.4, -0.2) is 14.9 Å². The molecule has 7 heteroatoms. The van der Waals surface area contributed by atoms with Gasteiger partial charge in [-0.3, -0.25) is 10.1 Å². The zero-order valence-corrected chi connectivity index (χ0v) is 10.7. The third-order valence-corrected chi connectivity index (χ3v) is 2.86. The third-order valence-electron chi connectivity index (χ3n) is 2.51. The van der Waals surface area contributed by atoms with Crippen LogP contribution in [0.25, 0.3) is 0 Å². The fourth-order valence-corrected chi connectivity index (χ4v) is 1.78. The molecule has 98 valence electrons. The van der Waals surface area contributed by atoms with Gasteiger partial charge in [0.25, 0.3) is 5.69 Å². The summed E-state index contributed by atoms with van der Waals surface area (Å²) in [5.74, 6) is 0. The van der Waals surface area contributed by atoms with E-state index in [9.17, 15) is 10.1 Å². The van der Waals surface area contributed by atoms with Crippen molar-refractivity contribution in [2.24, 2.45) is 0 Å². The van der Waals surface area contributed by atoms with E-state index in [4.69, 9.17) is 11.6 Å². The van der Waals surface area contributed by atoms with E-state index in [1.54, 1.807) is 12.3 Å². The molecule has 1 aromatic carbocycles. The van der Waals surface area contributed by atoms with Crippen LogP contribution in [0, 0.1) is 10.1 Å². The van der Waals surface area contributed by atoms with Gasteiger partial charge >= 0.3 is 0 Å². The molecular weight excluding hydrogens is 268 g/mol. The second-order valence-corrected chi connectivity index (χ2v) is 4.24. The van der Waals surface area contributed by atoms with E-state index in [2.05, 4.69) is 15.3 Å². The van der Waals surface area contributed by atoms with Crippen molar-refractivity contribution in [3.63, 3.8) is 0 Å². The van der Waals surface area contributed by atoms with Crippen LogP contribution in [0.5, 0.6) is 0 Å². The molecule has 0 unspecified atom stereocenters. The van der Waals surface area contributed by atoms with Gasteiger partial charge in [0.1, 0.15) is 6.33 Å². The third kappa shape index (κ3) is 3.70. The average molecular weight is 279 g/mol. The summed E-state index contributed by atoms with van der Waals surface area (Å²) in [4.78, 5) is 18.0. The Morgan fingerprint density at radius 3 is 2.79 bits per heavy atom. The van der Waals surface area contributed by atoms with E-state index < -0.39 is 4.92 Å². The second kappa shape index (κ2) is 6.21. The zero-order valence-electron chi connectivity index (χ0n) is 9.91. The molecule has 0 saturated heterocycles. The van der Waals surface area contributed by atoms with E-state index in [1.165, 1.54) is 18.5 Å². The Morgan fingerprint density at radius 1 is 1.32 bits per heavy atom. The van der Waals surface area contributed by atoms with Gasteiger partial charge in [0.15, 0.2) is 0 Å². The van der Waals surface area contributed by atoms with Crippen LogP contribution in [0.3, 0.4) is 0 Å². The van der Waals surface area contributed by atoms with Crippen LogP contribution in [-0.2, 0) is 13.1 Å². The minimum atomic E-state index is -0.468. The van der Waals surface area contributed by atoms with Crippen molar-refractivity contribution in [1.82, 2.24) is 15.3 Å². The molecule has 0 aliphatic rings. The first-order valence-corrected chi connectivity index (χ1v) is 5.93. The maximum absolute atomic E-state index is 10.6. The van der Waals surface area contributed by atoms with Gasteiger partial charge in [0, 0.05) is 31.4 Å². The molecular formula is C12H11ClN4O2. The van der Waals surface area contributed by atoms with Crippen LogP contribution in [0.15, 0.2) is 36.8 Å².